The number of rotatable bonds is 4. The molecule has 0 spiro atoms. The average molecular weight is 170 g/mol. The van der Waals surface area contributed by atoms with E-state index in [9.17, 15) is 4.79 Å². The van der Waals surface area contributed by atoms with Crippen molar-refractivity contribution in [2.45, 2.75) is 32.4 Å². The van der Waals surface area contributed by atoms with Crippen LogP contribution in [0.3, 0.4) is 0 Å². The number of nitrogens with one attached hydrogen (secondary N) is 2. The van der Waals surface area contributed by atoms with Crippen LogP contribution in [0.25, 0.3) is 0 Å². The Morgan fingerprint density at radius 1 is 1.75 bits per heavy atom. The van der Waals surface area contributed by atoms with E-state index in [1.54, 1.807) is 0 Å². The molecule has 2 N–H and O–H groups in total. The topological polar surface area (TPSA) is 41.1 Å². The number of carbonyl (C=O) groups is 1. The van der Waals surface area contributed by atoms with Crippen molar-refractivity contribution in [3.63, 3.8) is 0 Å². The molecule has 1 saturated heterocycles. The molecule has 1 aliphatic heterocycles. The summed E-state index contributed by atoms with van der Waals surface area (Å²) in [6.07, 6.45) is 2.16. The number of hydrogen-bond acceptors (Lipinski definition) is 3. The summed E-state index contributed by atoms with van der Waals surface area (Å²) < 4.78 is 0. The molecule has 0 amide bonds. The highest BCUT2D eigenvalue weighted by molar-refractivity contribution is 5.56. The van der Waals surface area contributed by atoms with E-state index >= 15 is 0 Å². The Kier molecular flexibility index (Phi) is 3.69. The van der Waals surface area contributed by atoms with Crippen LogP contribution in [0.5, 0.6) is 0 Å². The molecular formula is C9H18N2O. The summed E-state index contributed by atoms with van der Waals surface area (Å²) >= 11 is 0. The molecule has 0 aromatic rings. The van der Waals surface area contributed by atoms with E-state index in [-0.39, 0.29) is 6.04 Å². The largest absolute Gasteiger partial charge is 0.312 e. The summed E-state index contributed by atoms with van der Waals surface area (Å²) in [5, 5.41) is 6.57. The van der Waals surface area contributed by atoms with Crippen LogP contribution in [0, 0.1) is 5.92 Å². The molecule has 0 aromatic heterocycles. The van der Waals surface area contributed by atoms with Crippen LogP contribution in [-0.2, 0) is 4.79 Å². The highest BCUT2D eigenvalue weighted by Gasteiger charge is 2.20. The lowest BCUT2D eigenvalue weighted by molar-refractivity contribution is -0.109. The minimum atomic E-state index is -0.0114. The zero-order chi connectivity index (χ0) is 8.97. The predicted octanol–water partition coefficient (Wildman–Crippen LogP) is 0.161. The Balaban J connectivity index is 2.11. The number of carbonyl (C=O) groups excluding carboxylic acids is 1. The van der Waals surface area contributed by atoms with E-state index in [0.29, 0.717) is 6.04 Å². The number of hydrogen-bond donors (Lipinski definition) is 2. The van der Waals surface area contributed by atoms with Crippen molar-refractivity contribution in [1.29, 1.82) is 0 Å². The van der Waals surface area contributed by atoms with Crippen LogP contribution < -0.4 is 10.6 Å². The van der Waals surface area contributed by atoms with E-state index in [0.717, 1.165) is 25.3 Å². The first-order chi connectivity index (χ1) is 5.72. The molecule has 3 heteroatoms. The molecule has 0 saturated carbocycles. The van der Waals surface area contributed by atoms with Gasteiger partial charge in [-0.25, -0.2) is 0 Å². The third kappa shape index (κ3) is 2.91. The zero-order valence-electron chi connectivity index (χ0n) is 7.84. The van der Waals surface area contributed by atoms with Crippen molar-refractivity contribution in [1.82, 2.24) is 10.6 Å². The Bertz CT molecular complexity index is 149. The standard InChI is InChI=1S/C9H18N2O/c1-7-3-9(11-4-7)5-10-8(2)6-12/h6-11H,3-5H2,1-2H3. The maximum atomic E-state index is 10.3. The smallest absolute Gasteiger partial charge is 0.136 e. The van der Waals surface area contributed by atoms with Gasteiger partial charge < -0.3 is 15.4 Å². The molecule has 0 aliphatic carbocycles. The monoisotopic (exact) mass is 170 g/mol. The van der Waals surface area contributed by atoms with Crippen LogP contribution in [0.2, 0.25) is 0 Å². The first-order valence-electron chi connectivity index (χ1n) is 4.64. The van der Waals surface area contributed by atoms with Crippen molar-refractivity contribution >= 4 is 6.29 Å². The van der Waals surface area contributed by atoms with E-state index < -0.39 is 0 Å². The third-order valence-corrected chi connectivity index (χ3v) is 2.33. The van der Waals surface area contributed by atoms with Gasteiger partial charge in [-0.15, -0.1) is 0 Å². The van der Waals surface area contributed by atoms with Gasteiger partial charge in [0.1, 0.15) is 6.29 Å². The van der Waals surface area contributed by atoms with Crippen LogP contribution in [-0.4, -0.2) is 31.5 Å². The van der Waals surface area contributed by atoms with Crippen LogP contribution in [0.1, 0.15) is 20.3 Å². The van der Waals surface area contributed by atoms with E-state index in [1.165, 1.54) is 6.42 Å². The van der Waals surface area contributed by atoms with Gasteiger partial charge in [0.25, 0.3) is 0 Å². The maximum absolute atomic E-state index is 10.3. The molecule has 1 rings (SSSR count). The maximum Gasteiger partial charge on any atom is 0.136 e. The lowest BCUT2D eigenvalue weighted by atomic mass is 10.1. The van der Waals surface area contributed by atoms with Gasteiger partial charge in [0.15, 0.2) is 0 Å². The fraction of sp³-hybridized carbons (Fsp3) is 0.889. The zero-order valence-corrected chi connectivity index (χ0v) is 7.84. The highest BCUT2D eigenvalue weighted by atomic mass is 16.1. The first kappa shape index (κ1) is 9.68. The molecular weight excluding hydrogens is 152 g/mol. The molecule has 3 nitrogen and oxygen atoms in total. The van der Waals surface area contributed by atoms with E-state index in [1.807, 2.05) is 6.92 Å². The summed E-state index contributed by atoms with van der Waals surface area (Å²) in [5.41, 5.74) is 0. The molecule has 1 aliphatic rings. The van der Waals surface area contributed by atoms with E-state index in [4.69, 9.17) is 0 Å². The summed E-state index contributed by atoms with van der Waals surface area (Å²) in [5.74, 6) is 0.781. The minimum absolute atomic E-state index is 0.0114. The summed E-state index contributed by atoms with van der Waals surface area (Å²) in [4.78, 5) is 10.3. The summed E-state index contributed by atoms with van der Waals surface area (Å²) in [7, 11) is 0. The molecule has 12 heavy (non-hydrogen) atoms. The fourth-order valence-electron chi connectivity index (χ4n) is 1.55. The minimum Gasteiger partial charge on any atom is -0.312 e. The predicted molar refractivity (Wildman–Crippen MR) is 49.1 cm³/mol. The van der Waals surface area contributed by atoms with Crippen LogP contribution in [0.4, 0.5) is 0 Å². The molecule has 3 unspecified atom stereocenters. The molecule has 0 bridgehead atoms. The van der Waals surface area contributed by atoms with Crippen molar-refractivity contribution in [3.8, 4) is 0 Å². The van der Waals surface area contributed by atoms with Gasteiger partial charge in [-0.3, -0.25) is 0 Å². The van der Waals surface area contributed by atoms with Crippen molar-refractivity contribution in [2.75, 3.05) is 13.1 Å². The highest BCUT2D eigenvalue weighted by Crippen LogP contribution is 2.11. The fourth-order valence-corrected chi connectivity index (χ4v) is 1.55. The Labute approximate surface area is 73.9 Å². The lowest BCUT2D eigenvalue weighted by Gasteiger charge is -2.12. The molecule has 3 atom stereocenters. The second-order valence-corrected chi connectivity index (χ2v) is 3.78. The van der Waals surface area contributed by atoms with Crippen LogP contribution >= 0.6 is 0 Å². The third-order valence-electron chi connectivity index (χ3n) is 2.33. The molecule has 1 heterocycles. The van der Waals surface area contributed by atoms with Gasteiger partial charge in [0.2, 0.25) is 0 Å². The summed E-state index contributed by atoms with van der Waals surface area (Å²) in [6.45, 7) is 6.15. The Morgan fingerprint density at radius 2 is 2.50 bits per heavy atom. The summed E-state index contributed by atoms with van der Waals surface area (Å²) in [6, 6.07) is 0.546. The number of aldehydes is 1. The van der Waals surface area contributed by atoms with Gasteiger partial charge in [-0.2, -0.15) is 0 Å². The van der Waals surface area contributed by atoms with Crippen molar-refractivity contribution < 1.29 is 4.79 Å². The Morgan fingerprint density at radius 3 is 3.00 bits per heavy atom. The van der Waals surface area contributed by atoms with Crippen molar-refractivity contribution in [3.05, 3.63) is 0 Å². The Hall–Kier alpha value is -0.410. The normalized spacial score (nSPS) is 31.8. The van der Waals surface area contributed by atoms with Gasteiger partial charge in [-0.05, 0) is 25.8 Å². The second kappa shape index (κ2) is 4.58. The quantitative estimate of drug-likeness (QED) is 0.591. The average Bonchev–Trinajstić information content (AvgIpc) is 2.47. The van der Waals surface area contributed by atoms with Crippen molar-refractivity contribution in [2.24, 2.45) is 5.92 Å². The molecule has 0 radical (unpaired) electrons. The lowest BCUT2D eigenvalue weighted by Crippen LogP contribution is -2.38. The van der Waals surface area contributed by atoms with E-state index in [2.05, 4.69) is 17.6 Å². The SMILES string of the molecule is CC1CNC(CNC(C)C=O)C1. The van der Waals surface area contributed by atoms with Crippen LogP contribution in [0.15, 0.2) is 0 Å². The van der Waals surface area contributed by atoms with Gasteiger partial charge in [0.05, 0.1) is 6.04 Å². The molecule has 70 valence electrons. The second-order valence-electron chi connectivity index (χ2n) is 3.78. The molecule has 1 fully saturated rings. The van der Waals surface area contributed by atoms with Gasteiger partial charge in [0, 0.05) is 12.6 Å². The van der Waals surface area contributed by atoms with Gasteiger partial charge in [-0.1, -0.05) is 6.92 Å². The molecule has 0 aromatic carbocycles. The van der Waals surface area contributed by atoms with Gasteiger partial charge >= 0.3 is 0 Å². The first-order valence-corrected chi connectivity index (χ1v) is 4.64.